The van der Waals surface area contributed by atoms with Crippen molar-refractivity contribution < 1.29 is 0 Å². The molecule has 0 aromatic carbocycles. The lowest BCUT2D eigenvalue weighted by atomic mass is 10.1. The lowest BCUT2D eigenvalue weighted by Crippen LogP contribution is -2.30. The molecule has 2 heterocycles. The normalized spacial score (nSPS) is 17.1. The van der Waals surface area contributed by atoms with Crippen molar-refractivity contribution in [2.45, 2.75) is 19.3 Å². The maximum atomic E-state index is 5.89. The Labute approximate surface area is 96.6 Å². The van der Waals surface area contributed by atoms with E-state index in [4.69, 9.17) is 11.6 Å². The van der Waals surface area contributed by atoms with Crippen LogP contribution in [-0.2, 0) is 0 Å². The first-order valence-corrected chi connectivity index (χ1v) is 5.87. The number of nitrogens with zero attached hydrogens (tertiary/aromatic N) is 3. The van der Waals surface area contributed by atoms with E-state index in [-0.39, 0.29) is 0 Å². The third kappa shape index (κ3) is 2.17. The van der Waals surface area contributed by atoms with Crippen LogP contribution >= 0.6 is 27.5 Å². The number of hydrogen-bond acceptors (Lipinski definition) is 3. The van der Waals surface area contributed by atoms with Gasteiger partial charge in [0.1, 0.15) is 10.4 Å². The summed E-state index contributed by atoms with van der Waals surface area (Å²) in [5.74, 6) is 0.887. The first kappa shape index (κ1) is 10.2. The van der Waals surface area contributed by atoms with Gasteiger partial charge in [0, 0.05) is 13.1 Å². The minimum Gasteiger partial charge on any atom is -0.355 e. The van der Waals surface area contributed by atoms with Crippen LogP contribution in [-0.4, -0.2) is 23.1 Å². The van der Waals surface area contributed by atoms with E-state index >= 15 is 0 Å². The molecule has 0 atom stereocenters. The van der Waals surface area contributed by atoms with Crippen molar-refractivity contribution in [2.24, 2.45) is 0 Å². The predicted molar refractivity (Wildman–Crippen MR) is 60.8 cm³/mol. The van der Waals surface area contributed by atoms with Gasteiger partial charge in [-0.3, -0.25) is 0 Å². The molecule has 76 valence electrons. The van der Waals surface area contributed by atoms with Crippen molar-refractivity contribution in [1.82, 2.24) is 9.97 Å². The molecule has 0 radical (unpaired) electrons. The van der Waals surface area contributed by atoms with Gasteiger partial charge in [0.05, 0.1) is 6.20 Å². The molecule has 0 unspecified atom stereocenters. The fraction of sp³-hybridized carbons (Fsp3) is 0.556. The van der Waals surface area contributed by atoms with Gasteiger partial charge in [-0.05, 0) is 35.2 Å². The predicted octanol–water partition coefficient (Wildman–Crippen LogP) is 2.88. The summed E-state index contributed by atoms with van der Waals surface area (Å²) in [6.07, 6.45) is 5.54. The molecule has 1 saturated heterocycles. The molecule has 0 aliphatic carbocycles. The summed E-state index contributed by atoms with van der Waals surface area (Å²) in [7, 11) is 0. The van der Waals surface area contributed by atoms with E-state index in [1.165, 1.54) is 19.3 Å². The van der Waals surface area contributed by atoms with Crippen LogP contribution in [0, 0.1) is 0 Å². The zero-order valence-electron chi connectivity index (χ0n) is 7.71. The van der Waals surface area contributed by atoms with Crippen LogP contribution in [0.2, 0.25) is 5.15 Å². The van der Waals surface area contributed by atoms with Crippen LogP contribution in [0.4, 0.5) is 5.82 Å². The van der Waals surface area contributed by atoms with Crippen LogP contribution in [0.5, 0.6) is 0 Å². The van der Waals surface area contributed by atoms with Gasteiger partial charge >= 0.3 is 0 Å². The molecule has 5 heteroatoms. The fourth-order valence-corrected chi connectivity index (χ4v) is 1.95. The molecule has 3 nitrogen and oxygen atoms in total. The standard InChI is InChI=1S/C9H11BrClN3/c10-8-9(11)13-7(6-12-8)14-4-2-1-3-5-14/h6H,1-5H2. The molecule has 0 saturated carbocycles. The fourth-order valence-electron chi connectivity index (χ4n) is 1.62. The minimum atomic E-state index is 0.438. The number of halogens is 2. The second-order valence-electron chi connectivity index (χ2n) is 3.36. The van der Waals surface area contributed by atoms with Gasteiger partial charge in [-0.1, -0.05) is 11.6 Å². The number of anilines is 1. The Bertz CT molecular complexity index is 326. The van der Waals surface area contributed by atoms with E-state index in [2.05, 4.69) is 30.8 Å². The van der Waals surface area contributed by atoms with Gasteiger partial charge in [0.25, 0.3) is 0 Å². The van der Waals surface area contributed by atoms with E-state index in [9.17, 15) is 0 Å². The first-order chi connectivity index (χ1) is 6.77. The lowest BCUT2D eigenvalue weighted by Gasteiger charge is -2.27. The number of aromatic nitrogens is 2. The largest absolute Gasteiger partial charge is 0.355 e. The summed E-state index contributed by atoms with van der Waals surface area (Å²) < 4.78 is 0.611. The Balaban J connectivity index is 2.18. The third-order valence-corrected chi connectivity index (χ3v) is 3.43. The van der Waals surface area contributed by atoms with Gasteiger partial charge in [-0.15, -0.1) is 0 Å². The lowest BCUT2D eigenvalue weighted by molar-refractivity contribution is 0.572. The van der Waals surface area contributed by atoms with E-state index in [0.29, 0.717) is 9.76 Å². The molecular formula is C9H11BrClN3. The average Bonchev–Trinajstić information content (AvgIpc) is 2.23. The summed E-state index contributed by atoms with van der Waals surface area (Å²) in [5.41, 5.74) is 0. The maximum Gasteiger partial charge on any atom is 0.164 e. The van der Waals surface area contributed by atoms with Crippen molar-refractivity contribution in [3.05, 3.63) is 16.0 Å². The highest BCUT2D eigenvalue weighted by molar-refractivity contribution is 9.10. The number of piperidine rings is 1. The minimum absolute atomic E-state index is 0.438. The second kappa shape index (κ2) is 4.45. The van der Waals surface area contributed by atoms with E-state index in [0.717, 1.165) is 18.9 Å². The summed E-state index contributed by atoms with van der Waals surface area (Å²) in [5, 5.41) is 0.438. The van der Waals surface area contributed by atoms with Crippen molar-refractivity contribution >= 4 is 33.3 Å². The van der Waals surface area contributed by atoms with Crippen LogP contribution in [0.3, 0.4) is 0 Å². The number of hydrogen-bond donors (Lipinski definition) is 0. The quantitative estimate of drug-likeness (QED) is 0.790. The maximum absolute atomic E-state index is 5.89. The molecule has 1 aromatic rings. The summed E-state index contributed by atoms with van der Waals surface area (Å²) in [4.78, 5) is 10.6. The Morgan fingerprint density at radius 2 is 2.00 bits per heavy atom. The topological polar surface area (TPSA) is 29.0 Å². The molecule has 2 rings (SSSR count). The van der Waals surface area contributed by atoms with Crippen molar-refractivity contribution in [3.8, 4) is 0 Å². The Kier molecular flexibility index (Phi) is 3.23. The Morgan fingerprint density at radius 1 is 1.29 bits per heavy atom. The summed E-state index contributed by atoms with van der Waals surface area (Å²) in [6.45, 7) is 2.12. The van der Waals surface area contributed by atoms with Crippen LogP contribution in [0.25, 0.3) is 0 Å². The Hall–Kier alpha value is -0.350. The highest BCUT2D eigenvalue weighted by Crippen LogP contribution is 2.22. The van der Waals surface area contributed by atoms with Gasteiger partial charge in [-0.2, -0.15) is 0 Å². The van der Waals surface area contributed by atoms with Gasteiger partial charge in [0.15, 0.2) is 5.15 Å². The highest BCUT2D eigenvalue weighted by Gasteiger charge is 2.13. The third-order valence-electron chi connectivity index (χ3n) is 2.36. The van der Waals surface area contributed by atoms with Gasteiger partial charge in [0.2, 0.25) is 0 Å². The number of rotatable bonds is 1. The molecule has 1 fully saturated rings. The van der Waals surface area contributed by atoms with Crippen molar-refractivity contribution in [2.75, 3.05) is 18.0 Å². The van der Waals surface area contributed by atoms with E-state index < -0.39 is 0 Å². The molecule has 1 aliphatic rings. The Morgan fingerprint density at radius 3 is 2.64 bits per heavy atom. The van der Waals surface area contributed by atoms with Gasteiger partial charge in [-0.25, -0.2) is 9.97 Å². The van der Waals surface area contributed by atoms with E-state index in [1.807, 2.05) is 0 Å². The average molecular weight is 277 g/mol. The first-order valence-electron chi connectivity index (χ1n) is 4.70. The van der Waals surface area contributed by atoms with Crippen LogP contribution in [0.1, 0.15) is 19.3 Å². The molecule has 0 amide bonds. The van der Waals surface area contributed by atoms with Gasteiger partial charge < -0.3 is 4.90 Å². The molecule has 1 aliphatic heterocycles. The molecule has 0 bridgehead atoms. The molecular weight excluding hydrogens is 265 g/mol. The van der Waals surface area contributed by atoms with Crippen LogP contribution < -0.4 is 4.90 Å². The smallest absolute Gasteiger partial charge is 0.164 e. The molecule has 0 N–H and O–H groups in total. The zero-order valence-corrected chi connectivity index (χ0v) is 10.1. The van der Waals surface area contributed by atoms with Crippen molar-refractivity contribution in [1.29, 1.82) is 0 Å². The monoisotopic (exact) mass is 275 g/mol. The van der Waals surface area contributed by atoms with Crippen molar-refractivity contribution in [3.63, 3.8) is 0 Å². The molecule has 1 aromatic heterocycles. The SMILES string of the molecule is Clc1nc(N2CCCCC2)cnc1Br. The van der Waals surface area contributed by atoms with Crippen LogP contribution in [0.15, 0.2) is 10.8 Å². The molecule has 0 spiro atoms. The zero-order chi connectivity index (χ0) is 9.97. The highest BCUT2D eigenvalue weighted by atomic mass is 79.9. The summed E-state index contributed by atoms with van der Waals surface area (Å²) in [6, 6.07) is 0. The molecule has 14 heavy (non-hydrogen) atoms. The van der Waals surface area contributed by atoms with E-state index in [1.54, 1.807) is 6.20 Å². The summed E-state index contributed by atoms with van der Waals surface area (Å²) >= 11 is 9.12. The second-order valence-corrected chi connectivity index (χ2v) is 4.47.